The van der Waals surface area contributed by atoms with Gasteiger partial charge in [0.05, 0.1) is 0 Å². The lowest BCUT2D eigenvalue weighted by Gasteiger charge is -2.15. The molecule has 1 saturated heterocycles. The van der Waals surface area contributed by atoms with Crippen molar-refractivity contribution in [2.75, 3.05) is 6.54 Å². The molecule has 1 aliphatic rings. The van der Waals surface area contributed by atoms with Gasteiger partial charge in [-0.05, 0) is 25.8 Å². The largest absolute Gasteiger partial charge is 0.338 e. The number of hydrogen-bond donors (Lipinski definition) is 1. The third kappa shape index (κ3) is 2.56. The summed E-state index contributed by atoms with van der Waals surface area (Å²) in [6.45, 7) is 0.966. The van der Waals surface area contributed by atoms with Crippen molar-refractivity contribution >= 4 is 0 Å². The van der Waals surface area contributed by atoms with Crippen LogP contribution in [0.2, 0.25) is 0 Å². The molecule has 0 spiro atoms. The highest BCUT2D eigenvalue weighted by molar-refractivity contribution is 4.93. The van der Waals surface area contributed by atoms with E-state index in [0.29, 0.717) is 6.42 Å². The predicted molar refractivity (Wildman–Crippen MR) is 57.4 cm³/mol. The van der Waals surface area contributed by atoms with E-state index >= 15 is 0 Å². The minimum absolute atomic E-state index is 0.0743. The van der Waals surface area contributed by atoms with E-state index in [2.05, 4.69) is 10.3 Å². The summed E-state index contributed by atoms with van der Waals surface area (Å²) in [6.07, 6.45) is 6.30. The van der Waals surface area contributed by atoms with Gasteiger partial charge in [-0.15, -0.1) is 0 Å². The molecule has 1 aliphatic heterocycles. The van der Waals surface area contributed by atoms with Crippen LogP contribution < -0.4 is 5.32 Å². The fourth-order valence-electron chi connectivity index (χ4n) is 2.13. The first-order chi connectivity index (χ1) is 7.27. The number of nitrogens with zero attached hydrogens (tertiary/aromatic N) is 2. The first-order valence-electron chi connectivity index (χ1n) is 5.61. The van der Waals surface area contributed by atoms with Crippen LogP contribution in [0.25, 0.3) is 0 Å². The molecule has 1 aromatic rings. The Kier molecular flexibility index (Phi) is 3.36. The molecule has 0 saturated carbocycles. The average molecular weight is 211 g/mol. The molecule has 1 fully saturated rings. The summed E-state index contributed by atoms with van der Waals surface area (Å²) < 4.78 is 15.7. The quantitative estimate of drug-likeness (QED) is 0.816. The molecule has 1 aromatic heterocycles. The molecule has 2 atom stereocenters. The molecule has 0 amide bonds. The Morgan fingerprint density at radius 2 is 2.60 bits per heavy atom. The molecule has 3 nitrogen and oxygen atoms in total. The number of hydrogen-bond acceptors (Lipinski definition) is 2. The van der Waals surface area contributed by atoms with Gasteiger partial charge in [0, 0.05) is 31.9 Å². The predicted octanol–water partition coefficient (Wildman–Crippen LogP) is 1.44. The van der Waals surface area contributed by atoms with Crippen LogP contribution in [-0.4, -0.2) is 28.3 Å². The monoisotopic (exact) mass is 211 g/mol. The lowest BCUT2D eigenvalue weighted by molar-refractivity contribution is 0.248. The molecule has 1 N–H and O–H groups in total. The molecule has 4 heteroatoms. The zero-order chi connectivity index (χ0) is 10.7. The molecule has 0 radical (unpaired) electrons. The van der Waals surface area contributed by atoms with E-state index in [1.54, 1.807) is 6.20 Å². The van der Waals surface area contributed by atoms with Gasteiger partial charge in [0.2, 0.25) is 0 Å². The highest BCUT2D eigenvalue weighted by Crippen LogP contribution is 2.16. The van der Waals surface area contributed by atoms with E-state index < -0.39 is 6.17 Å². The van der Waals surface area contributed by atoms with Gasteiger partial charge in [0.15, 0.2) is 0 Å². The van der Waals surface area contributed by atoms with Crippen LogP contribution in [0.15, 0.2) is 12.4 Å². The minimum atomic E-state index is -0.732. The number of alkyl halides is 1. The Bertz CT molecular complexity index is 305. The Balaban J connectivity index is 1.80. The summed E-state index contributed by atoms with van der Waals surface area (Å²) in [4.78, 5) is 4.19. The van der Waals surface area contributed by atoms with Gasteiger partial charge in [-0.2, -0.15) is 0 Å². The first-order valence-corrected chi connectivity index (χ1v) is 5.61. The van der Waals surface area contributed by atoms with E-state index in [1.165, 1.54) is 0 Å². The van der Waals surface area contributed by atoms with Crippen LogP contribution in [-0.2, 0) is 13.5 Å². The van der Waals surface area contributed by atoms with Crippen LogP contribution in [0.1, 0.15) is 25.1 Å². The molecule has 2 unspecified atom stereocenters. The second-order valence-electron chi connectivity index (χ2n) is 4.21. The third-order valence-electron chi connectivity index (χ3n) is 3.10. The maximum atomic E-state index is 13.7. The molecule has 2 heterocycles. The third-order valence-corrected chi connectivity index (χ3v) is 3.10. The SMILES string of the molecule is Cn1ccnc1CCC(F)C1CCCN1. The Hall–Kier alpha value is -0.900. The van der Waals surface area contributed by atoms with Crippen LogP contribution in [0.4, 0.5) is 4.39 Å². The number of imidazole rings is 1. The van der Waals surface area contributed by atoms with Gasteiger partial charge in [0.1, 0.15) is 12.0 Å². The molecule has 84 valence electrons. The highest BCUT2D eigenvalue weighted by Gasteiger charge is 2.23. The molecule has 2 rings (SSSR count). The molecule has 0 bridgehead atoms. The maximum Gasteiger partial charge on any atom is 0.116 e. The summed E-state index contributed by atoms with van der Waals surface area (Å²) >= 11 is 0. The van der Waals surface area contributed by atoms with Gasteiger partial charge in [-0.3, -0.25) is 0 Å². The van der Waals surface area contributed by atoms with E-state index in [9.17, 15) is 4.39 Å². The molecule has 0 aliphatic carbocycles. The van der Waals surface area contributed by atoms with Crippen LogP contribution >= 0.6 is 0 Å². The van der Waals surface area contributed by atoms with Crippen molar-refractivity contribution in [3.8, 4) is 0 Å². The number of halogens is 1. The van der Waals surface area contributed by atoms with Gasteiger partial charge in [-0.1, -0.05) is 0 Å². The average Bonchev–Trinajstić information content (AvgIpc) is 2.85. The summed E-state index contributed by atoms with van der Waals surface area (Å²) in [5, 5.41) is 3.20. The fraction of sp³-hybridized carbons (Fsp3) is 0.727. The summed E-state index contributed by atoms with van der Waals surface area (Å²) in [5.41, 5.74) is 0. The van der Waals surface area contributed by atoms with Crippen molar-refractivity contribution in [3.63, 3.8) is 0 Å². The lowest BCUT2D eigenvalue weighted by Crippen LogP contribution is -2.32. The van der Waals surface area contributed by atoms with Crippen molar-refractivity contribution in [1.82, 2.24) is 14.9 Å². The first kappa shape index (κ1) is 10.6. The van der Waals surface area contributed by atoms with Gasteiger partial charge in [0.25, 0.3) is 0 Å². The number of aryl methyl sites for hydroxylation is 2. The number of rotatable bonds is 4. The van der Waals surface area contributed by atoms with E-state index in [4.69, 9.17) is 0 Å². The Morgan fingerprint density at radius 1 is 1.73 bits per heavy atom. The van der Waals surface area contributed by atoms with Crippen LogP contribution in [0.5, 0.6) is 0 Å². The maximum absolute atomic E-state index is 13.7. The lowest BCUT2D eigenvalue weighted by atomic mass is 10.1. The van der Waals surface area contributed by atoms with Gasteiger partial charge < -0.3 is 9.88 Å². The van der Waals surface area contributed by atoms with Crippen molar-refractivity contribution in [2.24, 2.45) is 7.05 Å². The van der Waals surface area contributed by atoms with Crippen molar-refractivity contribution < 1.29 is 4.39 Å². The zero-order valence-corrected chi connectivity index (χ0v) is 9.12. The summed E-state index contributed by atoms with van der Waals surface area (Å²) in [6, 6.07) is 0.0743. The van der Waals surface area contributed by atoms with E-state index in [0.717, 1.165) is 31.6 Å². The molecular weight excluding hydrogens is 193 g/mol. The summed E-state index contributed by atoms with van der Waals surface area (Å²) in [5.74, 6) is 0.968. The van der Waals surface area contributed by atoms with Crippen LogP contribution in [0, 0.1) is 0 Å². The standard InChI is InChI=1S/C11H18FN3/c1-15-8-7-14-11(15)5-4-9(12)10-3-2-6-13-10/h7-10,13H,2-6H2,1H3. The second kappa shape index (κ2) is 4.75. The summed E-state index contributed by atoms with van der Waals surface area (Å²) in [7, 11) is 1.95. The van der Waals surface area contributed by atoms with Crippen LogP contribution in [0.3, 0.4) is 0 Å². The molecular formula is C11H18FN3. The zero-order valence-electron chi connectivity index (χ0n) is 9.12. The van der Waals surface area contributed by atoms with Gasteiger partial charge >= 0.3 is 0 Å². The Labute approximate surface area is 89.7 Å². The molecule has 15 heavy (non-hydrogen) atoms. The number of nitrogens with one attached hydrogen (secondary N) is 1. The van der Waals surface area contributed by atoms with Crippen molar-refractivity contribution in [2.45, 2.75) is 37.9 Å². The second-order valence-corrected chi connectivity index (χ2v) is 4.21. The number of aromatic nitrogens is 2. The normalized spacial score (nSPS) is 23.2. The molecule has 0 aromatic carbocycles. The van der Waals surface area contributed by atoms with E-state index in [1.807, 2.05) is 17.8 Å². The van der Waals surface area contributed by atoms with Crippen molar-refractivity contribution in [1.29, 1.82) is 0 Å². The minimum Gasteiger partial charge on any atom is -0.338 e. The van der Waals surface area contributed by atoms with E-state index in [-0.39, 0.29) is 6.04 Å². The smallest absolute Gasteiger partial charge is 0.116 e. The highest BCUT2D eigenvalue weighted by atomic mass is 19.1. The van der Waals surface area contributed by atoms with Gasteiger partial charge in [-0.25, -0.2) is 9.37 Å². The topological polar surface area (TPSA) is 29.9 Å². The fourth-order valence-corrected chi connectivity index (χ4v) is 2.13. The Morgan fingerprint density at radius 3 is 3.20 bits per heavy atom. The van der Waals surface area contributed by atoms with Crippen molar-refractivity contribution in [3.05, 3.63) is 18.2 Å².